The van der Waals surface area contributed by atoms with Gasteiger partial charge in [-0.25, -0.2) is 4.39 Å². The van der Waals surface area contributed by atoms with Gasteiger partial charge >= 0.3 is 5.97 Å². The molecule has 2 nitrogen and oxygen atoms in total. The Morgan fingerprint density at radius 2 is 1.46 bits per heavy atom. The number of ether oxygens (including phenoxy) is 1. The maximum atomic E-state index is 15.5. The molecule has 0 amide bonds. The first-order chi connectivity index (χ1) is 17.1. The largest absolute Gasteiger partial charge is 0.423 e. The second-order valence-electron chi connectivity index (χ2n) is 10.4. The van der Waals surface area contributed by atoms with Gasteiger partial charge in [-0.2, -0.15) is 0 Å². The van der Waals surface area contributed by atoms with Crippen LogP contribution in [0.4, 0.5) is 4.39 Å². The van der Waals surface area contributed by atoms with Gasteiger partial charge in [0.15, 0.2) is 11.6 Å². The SMILES string of the molecule is CCCc1ccc(-c2ccc(-c3ccc4c(c3F)OC(=O)C(C3CCC(CC)CC3)C4)cc2)cc1. The van der Waals surface area contributed by atoms with E-state index in [0.717, 1.165) is 53.9 Å². The molecule has 0 bridgehead atoms. The number of rotatable bonds is 6. The van der Waals surface area contributed by atoms with Gasteiger partial charge in [-0.05, 0) is 65.3 Å². The second kappa shape index (κ2) is 10.4. The number of fused-ring (bicyclic) bond motifs is 1. The molecule has 5 rings (SSSR count). The zero-order valence-electron chi connectivity index (χ0n) is 20.9. The van der Waals surface area contributed by atoms with Crippen LogP contribution in [0.3, 0.4) is 0 Å². The van der Waals surface area contributed by atoms with Crippen LogP contribution in [-0.4, -0.2) is 5.97 Å². The third-order valence-electron chi connectivity index (χ3n) is 8.18. The van der Waals surface area contributed by atoms with Crippen LogP contribution in [0, 0.1) is 23.6 Å². The van der Waals surface area contributed by atoms with Gasteiger partial charge in [0.25, 0.3) is 0 Å². The van der Waals surface area contributed by atoms with Crippen molar-refractivity contribution in [2.45, 2.75) is 65.2 Å². The van der Waals surface area contributed by atoms with E-state index in [2.05, 4.69) is 38.1 Å². The van der Waals surface area contributed by atoms with Crippen molar-refractivity contribution >= 4 is 5.97 Å². The standard InChI is InChI=1S/C32H35FO2/c1-3-5-22-8-10-23(11-9-22)24-14-16-25(17-15-24)28-19-18-27-20-29(32(34)35-31(27)30(28)33)26-12-6-21(4-2)7-13-26/h8-11,14-19,21,26,29H,3-7,12-13,20H2,1-2H3. The summed E-state index contributed by atoms with van der Waals surface area (Å²) in [5, 5.41) is 0. The average molecular weight is 471 g/mol. The predicted molar refractivity (Wildman–Crippen MR) is 140 cm³/mol. The Morgan fingerprint density at radius 3 is 2.09 bits per heavy atom. The fraction of sp³-hybridized carbons (Fsp3) is 0.406. The van der Waals surface area contributed by atoms with Crippen LogP contribution in [0.2, 0.25) is 0 Å². The molecule has 1 fully saturated rings. The first kappa shape index (κ1) is 23.8. The quantitative estimate of drug-likeness (QED) is 0.267. The summed E-state index contributed by atoms with van der Waals surface area (Å²) in [4.78, 5) is 12.9. The summed E-state index contributed by atoms with van der Waals surface area (Å²) < 4.78 is 21.2. The van der Waals surface area contributed by atoms with Gasteiger partial charge in [-0.1, -0.05) is 100 Å². The van der Waals surface area contributed by atoms with E-state index in [0.29, 0.717) is 17.9 Å². The molecule has 1 saturated carbocycles. The molecular weight excluding hydrogens is 435 g/mol. The van der Waals surface area contributed by atoms with Crippen LogP contribution in [0.25, 0.3) is 22.3 Å². The molecule has 0 N–H and O–H groups in total. The van der Waals surface area contributed by atoms with E-state index in [-0.39, 0.29) is 17.6 Å². The van der Waals surface area contributed by atoms with E-state index in [1.54, 1.807) is 0 Å². The Hall–Kier alpha value is -2.94. The van der Waals surface area contributed by atoms with Gasteiger partial charge < -0.3 is 4.74 Å². The van der Waals surface area contributed by atoms with Gasteiger partial charge in [0.2, 0.25) is 0 Å². The van der Waals surface area contributed by atoms with Crippen molar-refractivity contribution in [2.24, 2.45) is 17.8 Å². The van der Waals surface area contributed by atoms with Crippen LogP contribution in [-0.2, 0) is 17.6 Å². The number of carbonyl (C=O) groups is 1. The summed E-state index contributed by atoms with van der Waals surface area (Å²) in [7, 11) is 0. The molecule has 1 aliphatic heterocycles. The highest BCUT2D eigenvalue weighted by Gasteiger charge is 2.38. The lowest BCUT2D eigenvalue weighted by Crippen LogP contribution is -2.35. The lowest BCUT2D eigenvalue weighted by atomic mass is 9.73. The molecule has 3 heteroatoms. The maximum Gasteiger partial charge on any atom is 0.315 e. The van der Waals surface area contributed by atoms with Crippen molar-refractivity contribution in [1.29, 1.82) is 0 Å². The molecule has 1 heterocycles. The molecule has 35 heavy (non-hydrogen) atoms. The summed E-state index contributed by atoms with van der Waals surface area (Å²) in [6.07, 6.45) is 8.53. The van der Waals surface area contributed by atoms with E-state index in [9.17, 15) is 4.79 Å². The number of esters is 1. The minimum atomic E-state index is -0.430. The Labute approximate surface area is 208 Å². The smallest absolute Gasteiger partial charge is 0.315 e. The molecule has 182 valence electrons. The van der Waals surface area contributed by atoms with Gasteiger partial charge in [-0.3, -0.25) is 4.79 Å². The fourth-order valence-electron chi connectivity index (χ4n) is 5.94. The van der Waals surface area contributed by atoms with E-state index in [4.69, 9.17) is 4.74 Å². The molecule has 0 saturated heterocycles. The van der Waals surface area contributed by atoms with Crippen molar-refractivity contribution < 1.29 is 13.9 Å². The molecule has 2 aliphatic rings. The van der Waals surface area contributed by atoms with Crippen molar-refractivity contribution in [1.82, 2.24) is 0 Å². The molecule has 0 radical (unpaired) electrons. The summed E-state index contributed by atoms with van der Waals surface area (Å²) >= 11 is 0. The topological polar surface area (TPSA) is 26.3 Å². The van der Waals surface area contributed by atoms with E-state index < -0.39 is 5.82 Å². The molecule has 3 aromatic rings. The molecule has 0 aromatic heterocycles. The number of aryl methyl sites for hydroxylation is 1. The Kier molecular flexibility index (Phi) is 7.04. The summed E-state index contributed by atoms with van der Waals surface area (Å²) in [6.45, 7) is 4.43. The zero-order chi connectivity index (χ0) is 24.4. The minimum absolute atomic E-state index is 0.126. The first-order valence-electron chi connectivity index (χ1n) is 13.3. The van der Waals surface area contributed by atoms with Crippen molar-refractivity contribution in [3.63, 3.8) is 0 Å². The number of halogens is 1. The van der Waals surface area contributed by atoms with Crippen LogP contribution in [0.5, 0.6) is 5.75 Å². The normalized spacial score (nSPS) is 21.9. The summed E-state index contributed by atoms with van der Waals surface area (Å²) in [5.74, 6) is 0.431. The van der Waals surface area contributed by atoms with E-state index in [1.807, 2.05) is 36.4 Å². The third kappa shape index (κ3) is 4.91. The van der Waals surface area contributed by atoms with Crippen molar-refractivity contribution in [2.75, 3.05) is 0 Å². The van der Waals surface area contributed by atoms with Crippen molar-refractivity contribution in [3.8, 4) is 28.0 Å². The van der Waals surface area contributed by atoms with E-state index >= 15 is 4.39 Å². The highest BCUT2D eigenvalue weighted by molar-refractivity contribution is 5.80. The number of hydrogen-bond donors (Lipinski definition) is 0. The summed E-state index contributed by atoms with van der Waals surface area (Å²) in [5.41, 5.74) is 5.67. The van der Waals surface area contributed by atoms with Crippen LogP contribution >= 0.6 is 0 Å². The second-order valence-corrected chi connectivity index (χ2v) is 10.4. The molecule has 1 atom stereocenters. The Balaban J connectivity index is 1.34. The van der Waals surface area contributed by atoms with Gasteiger partial charge in [0, 0.05) is 5.56 Å². The number of carbonyl (C=O) groups excluding carboxylic acids is 1. The molecule has 1 aliphatic carbocycles. The molecule has 3 aromatic carbocycles. The highest BCUT2D eigenvalue weighted by atomic mass is 19.1. The zero-order valence-corrected chi connectivity index (χ0v) is 20.9. The van der Waals surface area contributed by atoms with Crippen LogP contribution in [0.1, 0.15) is 63.5 Å². The first-order valence-corrected chi connectivity index (χ1v) is 13.3. The van der Waals surface area contributed by atoms with E-state index in [1.165, 1.54) is 24.8 Å². The molecular formula is C32H35FO2. The highest BCUT2D eigenvalue weighted by Crippen LogP contribution is 2.42. The van der Waals surface area contributed by atoms with Crippen molar-refractivity contribution in [3.05, 3.63) is 77.6 Å². The van der Waals surface area contributed by atoms with Gasteiger partial charge in [0.05, 0.1) is 5.92 Å². The third-order valence-corrected chi connectivity index (χ3v) is 8.18. The van der Waals surface area contributed by atoms with Gasteiger partial charge in [0.1, 0.15) is 0 Å². The lowest BCUT2D eigenvalue weighted by Gasteiger charge is -2.35. The minimum Gasteiger partial charge on any atom is -0.423 e. The van der Waals surface area contributed by atoms with Crippen LogP contribution in [0.15, 0.2) is 60.7 Å². The summed E-state index contributed by atoms with van der Waals surface area (Å²) in [6, 6.07) is 20.4. The predicted octanol–water partition coefficient (Wildman–Crippen LogP) is 8.41. The Morgan fingerprint density at radius 1 is 0.829 bits per heavy atom. The number of benzene rings is 3. The number of hydrogen-bond acceptors (Lipinski definition) is 2. The van der Waals surface area contributed by atoms with Gasteiger partial charge in [-0.15, -0.1) is 0 Å². The monoisotopic (exact) mass is 470 g/mol. The maximum absolute atomic E-state index is 15.5. The Bertz CT molecular complexity index is 1170. The fourth-order valence-corrected chi connectivity index (χ4v) is 5.94. The molecule has 0 spiro atoms. The van der Waals surface area contributed by atoms with Crippen LogP contribution < -0.4 is 4.74 Å². The lowest BCUT2D eigenvalue weighted by molar-refractivity contribution is -0.143. The average Bonchev–Trinajstić information content (AvgIpc) is 2.90. The molecule has 1 unspecified atom stereocenters.